The molecule has 1 aromatic carbocycles. The van der Waals surface area contributed by atoms with E-state index in [4.69, 9.17) is 17.4 Å². The van der Waals surface area contributed by atoms with Crippen LogP contribution in [-0.2, 0) is 0 Å². The van der Waals surface area contributed by atoms with Gasteiger partial charge in [0.05, 0.1) is 6.04 Å². The van der Waals surface area contributed by atoms with Crippen molar-refractivity contribution < 1.29 is 4.39 Å². The Labute approximate surface area is 125 Å². The van der Waals surface area contributed by atoms with E-state index in [2.05, 4.69) is 12.3 Å². The molecule has 1 aliphatic rings. The van der Waals surface area contributed by atoms with E-state index in [1.54, 1.807) is 12.1 Å². The minimum Gasteiger partial charge on any atom is -0.271 e. The van der Waals surface area contributed by atoms with Crippen molar-refractivity contribution in [3.8, 4) is 0 Å². The Morgan fingerprint density at radius 3 is 2.60 bits per heavy atom. The highest BCUT2D eigenvalue weighted by Gasteiger charge is 2.30. The number of nitrogens with two attached hydrogens (primary N) is 1. The summed E-state index contributed by atoms with van der Waals surface area (Å²) in [5.74, 6) is 6.61. The lowest BCUT2D eigenvalue weighted by Crippen LogP contribution is -2.36. The van der Waals surface area contributed by atoms with Gasteiger partial charge in [0.2, 0.25) is 0 Å². The highest BCUT2D eigenvalue weighted by atomic mass is 35.5. The molecule has 1 atom stereocenters. The Kier molecular flexibility index (Phi) is 5.82. The first-order chi connectivity index (χ1) is 9.67. The molecule has 112 valence electrons. The van der Waals surface area contributed by atoms with Gasteiger partial charge in [-0.15, -0.1) is 0 Å². The van der Waals surface area contributed by atoms with E-state index in [9.17, 15) is 4.39 Å². The van der Waals surface area contributed by atoms with Crippen molar-refractivity contribution in [3.63, 3.8) is 0 Å². The zero-order valence-corrected chi connectivity index (χ0v) is 12.8. The predicted molar refractivity (Wildman–Crippen MR) is 81.8 cm³/mol. The molecular weight excluding hydrogens is 275 g/mol. The second-order valence-corrected chi connectivity index (χ2v) is 6.26. The molecule has 3 N–H and O–H groups in total. The molecule has 0 saturated heterocycles. The van der Waals surface area contributed by atoms with Gasteiger partial charge in [0.25, 0.3) is 0 Å². The number of benzene rings is 1. The maximum atomic E-state index is 14.1. The van der Waals surface area contributed by atoms with Crippen molar-refractivity contribution in [2.45, 2.75) is 51.5 Å². The molecule has 1 aromatic rings. The van der Waals surface area contributed by atoms with Crippen molar-refractivity contribution in [2.24, 2.45) is 17.7 Å². The van der Waals surface area contributed by atoms with Crippen molar-refractivity contribution in [1.29, 1.82) is 0 Å². The average molecular weight is 299 g/mol. The highest BCUT2D eigenvalue weighted by Crippen LogP contribution is 2.40. The molecule has 0 amide bonds. The molecule has 2 nitrogen and oxygen atoms in total. The van der Waals surface area contributed by atoms with Crippen LogP contribution in [-0.4, -0.2) is 0 Å². The third kappa shape index (κ3) is 3.51. The van der Waals surface area contributed by atoms with Crippen LogP contribution < -0.4 is 11.3 Å². The van der Waals surface area contributed by atoms with Gasteiger partial charge >= 0.3 is 0 Å². The van der Waals surface area contributed by atoms with E-state index in [0.717, 1.165) is 18.8 Å². The Morgan fingerprint density at radius 2 is 2.05 bits per heavy atom. The number of hydrogen-bond acceptors (Lipinski definition) is 2. The Bertz CT molecular complexity index is 410. The van der Waals surface area contributed by atoms with Crippen molar-refractivity contribution in [3.05, 3.63) is 34.6 Å². The number of halogens is 2. The summed E-state index contributed by atoms with van der Waals surface area (Å²) in [4.78, 5) is 0. The molecule has 0 spiro atoms. The van der Waals surface area contributed by atoms with Crippen molar-refractivity contribution in [1.82, 2.24) is 5.43 Å². The minimum atomic E-state index is -0.267. The largest absolute Gasteiger partial charge is 0.271 e. The molecule has 1 unspecified atom stereocenters. The average Bonchev–Trinajstić information content (AvgIpc) is 2.45. The van der Waals surface area contributed by atoms with Crippen LogP contribution >= 0.6 is 11.6 Å². The van der Waals surface area contributed by atoms with E-state index in [-0.39, 0.29) is 11.9 Å². The van der Waals surface area contributed by atoms with Gasteiger partial charge in [-0.05, 0) is 36.8 Å². The van der Waals surface area contributed by atoms with Crippen LogP contribution in [0.3, 0.4) is 0 Å². The number of hydrazine groups is 1. The third-order valence-electron chi connectivity index (χ3n) is 4.55. The molecule has 20 heavy (non-hydrogen) atoms. The van der Waals surface area contributed by atoms with Gasteiger partial charge in [-0.3, -0.25) is 11.3 Å². The lowest BCUT2D eigenvalue weighted by Gasteiger charge is -2.34. The van der Waals surface area contributed by atoms with Crippen molar-refractivity contribution in [2.75, 3.05) is 0 Å². The zero-order valence-electron chi connectivity index (χ0n) is 12.0. The van der Waals surface area contributed by atoms with E-state index in [0.29, 0.717) is 16.5 Å². The van der Waals surface area contributed by atoms with E-state index in [1.807, 2.05) is 0 Å². The molecule has 0 bridgehead atoms. The van der Waals surface area contributed by atoms with Gasteiger partial charge in [0.15, 0.2) is 0 Å². The summed E-state index contributed by atoms with van der Waals surface area (Å²) in [6.45, 7) is 2.23. The van der Waals surface area contributed by atoms with E-state index < -0.39 is 0 Å². The molecule has 4 heteroatoms. The van der Waals surface area contributed by atoms with Gasteiger partial charge in [-0.25, -0.2) is 4.39 Å². The third-order valence-corrected chi connectivity index (χ3v) is 4.88. The van der Waals surface area contributed by atoms with Crippen molar-refractivity contribution >= 4 is 11.6 Å². The van der Waals surface area contributed by atoms with Crippen LogP contribution in [0.15, 0.2) is 18.2 Å². The van der Waals surface area contributed by atoms with Crippen LogP contribution in [0.25, 0.3) is 0 Å². The first-order valence-corrected chi connectivity index (χ1v) is 7.95. The highest BCUT2D eigenvalue weighted by molar-refractivity contribution is 6.31. The van der Waals surface area contributed by atoms with Crippen LogP contribution in [0, 0.1) is 17.7 Å². The monoisotopic (exact) mass is 298 g/mol. The maximum absolute atomic E-state index is 14.1. The fraction of sp³-hybridized carbons (Fsp3) is 0.625. The summed E-state index contributed by atoms with van der Waals surface area (Å²) in [5, 5.41) is 0.462. The standard InChI is InChI=1S/C16H24ClFN2/c1-2-4-11-7-9-12(10-8-11)16(20-19)15-13(17)5-3-6-14(15)18/h3,5-6,11-12,16,20H,2,4,7-10,19H2,1H3. The lowest BCUT2D eigenvalue weighted by molar-refractivity contribution is 0.212. The van der Waals surface area contributed by atoms with Crippen LogP contribution in [0.5, 0.6) is 0 Å². The fourth-order valence-electron chi connectivity index (χ4n) is 3.48. The topological polar surface area (TPSA) is 38.0 Å². The van der Waals surface area contributed by atoms with Gasteiger partial charge in [0.1, 0.15) is 5.82 Å². The first kappa shape index (κ1) is 15.7. The lowest BCUT2D eigenvalue weighted by atomic mass is 9.75. The maximum Gasteiger partial charge on any atom is 0.129 e. The summed E-state index contributed by atoms with van der Waals surface area (Å²) in [5.41, 5.74) is 3.32. The summed E-state index contributed by atoms with van der Waals surface area (Å²) in [6.07, 6.45) is 7.14. The summed E-state index contributed by atoms with van der Waals surface area (Å²) in [6, 6.07) is 4.63. The second kappa shape index (κ2) is 7.39. The Balaban J connectivity index is 2.10. The molecule has 0 aliphatic heterocycles. The minimum absolute atomic E-state index is 0.189. The Morgan fingerprint density at radius 1 is 1.35 bits per heavy atom. The van der Waals surface area contributed by atoms with Gasteiger partial charge in [-0.2, -0.15) is 0 Å². The summed E-state index contributed by atoms with van der Waals surface area (Å²) >= 11 is 6.17. The van der Waals surface area contributed by atoms with E-state index >= 15 is 0 Å². The molecule has 1 aliphatic carbocycles. The quantitative estimate of drug-likeness (QED) is 0.616. The number of rotatable bonds is 5. The molecule has 0 radical (unpaired) electrons. The normalized spacial score (nSPS) is 24.6. The van der Waals surface area contributed by atoms with Gasteiger partial charge in [-0.1, -0.05) is 50.3 Å². The van der Waals surface area contributed by atoms with Crippen LogP contribution in [0.4, 0.5) is 4.39 Å². The van der Waals surface area contributed by atoms with E-state index in [1.165, 1.54) is 31.7 Å². The molecule has 0 aromatic heterocycles. The molecule has 2 rings (SSSR count). The number of nitrogens with one attached hydrogen (secondary N) is 1. The van der Waals surface area contributed by atoms with Crippen LogP contribution in [0.2, 0.25) is 5.02 Å². The second-order valence-electron chi connectivity index (χ2n) is 5.85. The SMILES string of the molecule is CCCC1CCC(C(NN)c2c(F)cccc2Cl)CC1. The van der Waals surface area contributed by atoms with Gasteiger partial charge in [0, 0.05) is 10.6 Å². The molecule has 1 saturated carbocycles. The summed E-state index contributed by atoms with van der Waals surface area (Å²) in [7, 11) is 0. The fourth-order valence-corrected chi connectivity index (χ4v) is 3.76. The number of hydrogen-bond donors (Lipinski definition) is 2. The molecular formula is C16H24ClFN2. The van der Waals surface area contributed by atoms with Gasteiger partial charge < -0.3 is 0 Å². The first-order valence-electron chi connectivity index (χ1n) is 7.57. The molecule has 1 fully saturated rings. The predicted octanol–water partition coefficient (Wildman–Crippen LogP) is 4.59. The smallest absolute Gasteiger partial charge is 0.129 e. The summed E-state index contributed by atoms with van der Waals surface area (Å²) < 4.78 is 14.1. The zero-order chi connectivity index (χ0) is 14.5. The molecule has 0 heterocycles. The van der Waals surface area contributed by atoms with Crippen LogP contribution in [0.1, 0.15) is 57.1 Å². The Hall–Kier alpha value is -0.640.